The first-order valence-corrected chi connectivity index (χ1v) is 11.3. The molecule has 0 aliphatic carbocycles. The number of aryl methyl sites for hydroxylation is 1. The van der Waals surface area contributed by atoms with E-state index in [4.69, 9.17) is 19.4 Å². The summed E-state index contributed by atoms with van der Waals surface area (Å²) >= 11 is 0. The SMILES string of the molecule is COCCOC(=O)NC[C@@H]1CCCN(c2nc(-c3ccccc3O)nc3cc(C)ccc23)C1.[HH].[HH]. The zero-order valence-electron chi connectivity index (χ0n) is 19.1. The number of aromatic nitrogens is 2. The van der Waals surface area contributed by atoms with Crippen LogP contribution in [0, 0.1) is 12.8 Å². The van der Waals surface area contributed by atoms with E-state index in [0.717, 1.165) is 48.2 Å². The summed E-state index contributed by atoms with van der Waals surface area (Å²) in [5.74, 6) is 1.79. The third kappa shape index (κ3) is 5.51. The van der Waals surface area contributed by atoms with Gasteiger partial charge in [-0.2, -0.15) is 0 Å². The van der Waals surface area contributed by atoms with Gasteiger partial charge in [0.05, 0.1) is 17.7 Å². The second kappa shape index (κ2) is 10.5. The first-order chi connectivity index (χ1) is 16.0. The van der Waals surface area contributed by atoms with Crippen molar-refractivity contribution in [3.8, 4) is 17.1 Å². The van der Waals surface area contributed by atoms with Crippen molar-refractivity contribution >= 4 is 22.8 Å². The van der Waals surface area contributed by atoms with Gasteiger partial charge < -0.3 is 24.8 Å². The summed E-state index contributed by atoms with van der Waals surface area (Å²) in [6.45, 7) is 4.82. The fourth-order valence-corrected chi connectivity index (χ4v) is 4.17. The van der Waals surface area contributed by atoms with Crippen molar-refractivity contribution in [3.63, 3.8) is 0 Å². The van der Waals surface area contributed by atoms with Crippen LogP contribution in [0.15, 0.2) is 42.5 Å². The van der Waals surface area contributed by atoms with Gasteiger partial charge in [0, 0.05) is 35.0 Å². The number of carbonyl (C=O) groups is 1. The Labute approximate surface area is 196 Å². The maximum absolute atomic E-state index is 11.9. The molecule has 0 saturated carbocycles. The minimum absolute atomic E-state index is 0. The zero-order valence-corrected chi connectivity index (χ0v) is 19.1. The lowest BCUT2D eigenvalue weighted by Gasteiger charge is -2.34. The number of hydrogen-bond donors (Lipinski definition) is 2. The summed E-state index contributed by atoms with van der Waals surface area (Å²) < 4.78 is 10.00. The number of rotatable bonds is 7. The molecular formula is C25H34N4O4. The van der Waals surface area contributed by atoms with Gasteiger partial charge in [-0.25, -0.2) is 14.8 Å². The van der Waals surface area contributed by atoms with Gasteiger partial charge in [0.2, 0.25) is 0 Å². The number of methoxy groups -OCH3 is 1. The molecule has 3 aromatic rings. The molecule has 1 aromatic heterocycles. The second-order valence-corrected chi connectivity index (χ2v) is 8.37. The average molecular weight is 455 g/mol. The number of nitrogens with one attached hydrogen (secondary N) is 1. The molecule has 0 unspecified atom stereocenters. The highest BCUT2D eigenvalue weighted by molar-refractivity contribution is 5.92. The number of nitrogens with zero attached hydrogens (tertiary/aromatic N) is 3. The van der Waals surface area contributed by atoms with Crippen LogP contribution in [0.5, 0.6) is 5.75 Å². The molecule has 2 aromatic carbocycles. The number of piperidine rings is 1. The fraction of sp³-hybridized carbons (Fsp3) is 0.400. The molecule has 4 rings (SSSR count). The fourth-order valence-electron chi connectivity index (χ4n) is 4.17. The second-order valence-electron chi connectivity index (χ2n) is 8.37. The van der Waals surface area contributed by atoms with Crippen LogP contribution in [0.25, 0.3) is 22.3 Å². The quantitative estimate of drug-likeness (QED) is 0.511. The van der Waals surface area contributed by atoms with E-state index in [1.54, 1.807) is 19.2 Å². The van der Waals surface area contributed by atoms with Gasteiger partial charge in [-0.05, 0) is 55.5 Å². The van der Waals surface area contributed by atoms with Crippen molar-refractivity contribution in [1.29, 1.82) is 0 Å². The number of amides is 1. The van der Waals surface area contributed by atoms with E-state index in [-0.39, 0.29) is 21.1 Å². The number of para-hydroxylation sites is 1. The van der Waals surface area contributed by atoms with Gasteiger partial charge in [0.1, 0.15) is 18.2 Å². The molecule has 0 spiro atoms. The minimum Gasteiger partial charge on any atom is -0.507 e. The van der Waals surface area contributed by atoms with E-state index in [9.17, 15) is 9.90 Å². The monoisotopic (exact) mass is 454 g/mol. The molecule has 1 fully saturated rings. The topological polar surface area (TPSA) is 96.8 Å². The number of phenols is 1. The molecular weight excluding hydrogens is 420 g/mol. The van der Waals surface area contributed by atoms with Crippen molar-refractivity contribution < 1.29 is 22.2 Å². The maximum Gasteiger partial charge on any atom is 0.407 e. The number of alkyl carbamates (subject to hydrolysis) is 1. The Morgan fingerprint density at radius 1 is 1.24 bits per heavy atom. The van der Waals surface area contributed by atoms with Gasteiger partial charge in [0.25, 0.3) is 0 Å². The van der Waals surface area contributed by atoms with Gasteiger partial charge >= 0.3 is 6.09 Å². The Balaban J connectivity index is 0.00000216. The lowest BCUT2D eigenvalue weighted by atomic mass is 9.97. The average Bonchev–Trinajstić information content (AvgIpc) is 2.82. The normalized spacial score (nSPS) is 16.1. The number of phenolic OH excluding ortho intramolecular Hbond substituents is 1. The third-order valence-corrected chi connectivity index (χ3v) is 5.85. The number of carbonyl (C=O) groups excluding carboxylic acids is 1. The number of hydrogen-bond acceptors (Lipinski definition) is 7. The molecule has 1 aliphatic rings. The van der Waals surface area contributed by atoms with Gasteiger partial charge in [-0.15, -0.1) is 0 Å². The van der Waals surface area contributed by atoms with Crippen LogP contribution in [0.2, 0.25) is 0 Å². The van der Waals surface area contributed by atoms with E-state index in [1.165, 1.54) is 0 Å². The largest absolute Gasteiger partial charge is 0.507 e. The molecule has 0 bridgehead atoms. The van der Waals surface area contributed by atoms with E-state index >= 15 is 0 Å². The molecule has 1 amide bonds. The van der Waals surface area contributed by atoms with Crippen LogP contribution in [0.1, 0.15) is 21.3 Å². The Kier molecular flexibility index (Phi) is 7.24. The molecule has 1 atom stereocenters. The van der Waals surface area contributed by atoms with E-state index in [0.29, 0.717) is 24.5 Å². The van der Waals surface area contributed by atoms with Crippen LogP contribution >= 0.6 is 0 Å². The molecule has 1 aliphatic heterocycles. The predicted molar refractivity (Wildman–Crippen MR) is 132 cm³/mol. The lowest BCUT2D eigenvalue weighted by molar-refractivity contribution is 0.0976. The van der Waals surface area contributed by atoms with Gasteiger partial charge in [0.15, 0.2) is 5.82 Å². The molecule has 2 heterocycles. The van der Waals surface area contributed by atoms with Crippen molar-refractivity contribution in [3.05, 3.63) is 48.0 Å². The number of anilines is 1. The summed E-state index contributed by atoms with van der Waals surface area (Å²) in [7, 11) is 1.57. The van der Waals surface area contributed by atoms with Crippen molar-refractivity contribution in [2.75, 3.05) is 44.9 Å². The zero-order chi connectivity index (χ0) is 23.2. The summed E-state index contributed by atoms with van der Waals surface area (Å²) in [6, 6.07) is 13.3. The number of benzene rings is 2. The smallest absolute Gasteiger partial charge is 0.407 e. The van der Waals surface area contributed by atoms with Crippen molar-refractivity contribution in [2.24, 2.45) is 5.92 Å². The van der Waals surface area contributed by atoms with Crippen molar-refractivity contribution in [1.82, 2.24) is 15.3 Å². The highest BCUT2D eigenvalue weighted by Gasteiger charge is 2.24. The number of ether oxygens (including phenoxy) is 2. The highest BCUT2D eigenvalue weighted by atomic mass is 16.6. The Morgan fingerprint density at radius 3 is 2.91 bits per heavy atom. The summed E-state index contributed by atoms with van der Waals surface area (Å²) in [5, 5.41) is 14.2. The van der Waals surface area contributed by atoms with E-state index < -0.39 is 6.09 Å². The first kappa shape index (κ1) is 22.8. The lowest BCUT2D eigenvalue weighted by Crippen LogP contribution is -2.41. The van der Waals surface area contributed by atoms with E-state index in [1.807, 2.05) is 25.1 Å². The van der Waals surface area contributed by atoms with Gasteiger partial charge in [-0.1, -0.05) is 18.2 Å². The molecule has 8 heteroatoms. The van der Waals surface area contributed by atoms with Crippen LogP contribution in [-0.2, 0) is 9.47 Å². The number of fused-ring (bicyclic) bond motifs is 1. The van der Waals surface area contributed by atoms with Crippen LogP contribution in [-0.4, -0.2) is 61.1 Å². The molecule has 8 nitrogen and oxygen atoms in total. The van der Waals surface area contributed by atoms with Crippen LogP contribution < -0.4 is 10.2 Å². The molecule has 33 heavy (non-hydrogen) atoms. The molecule has 0 radical (unpaired) electrons. The van der Waals surface area contributed by atoms with Gasteiger partial charge in [-0.3, -0.25) is 0 Å². The molecule has 2 N–H and O–H groups in total. The maximum atomic E-state index is 11.9. The highest BCUT2D eigenvalue weighted by Crippen LogP contribution is 2.33. The van der Waals surface area contributed by atoms with E-state index in [2.05, 4.69) is 22.3 Å². The first-order valence-electron chi connectivity index (χ1n) is 11.3. The van der Waals surface area contributed by atoms with Crippen LogP contribution in [0.4, 0.5) is 10.6 Å². The minimum atomic E-state index is -0.422. The standard InChI is InChI=1S/C25H30N4O4.2H2/c1-17-9-10-19-21(14-17)27-23(20-7-3-4-8-22(20)30)28-24(19)29-11-5-6-18(16-29)15-26-25(31)33-13-12-32-2;;/h3-4,7-10,14,18,30H,5-6,11-13,15-16H2,1-2H3,(H,26,31);2*1H/t18-;;/m0../s1. The summed E-state index contributed by atoms with van der Waals surface area (Å²) in [6.07, 6.45) is 1.59. The summed E-state index contributed by atoms with van der Waals surface area (Å²) in [4.78, 5) is 23.8. The third-order valence-electron chi connectivity index (χ3n) is 5.85. The van der Waals surface area contributed by atoms with Crippen molar-refractivity contribution in [2.45, 2.75) is 19.8 Å². The molecule has 178 valence electrons. The Hall–Kier alpha value is -3.39. The Morgan fingerprint density at radius 2 is 2.09 bits per heavy atom. The molecule has 1 saturated heterocycles. The Bertz CT molecular complexity index is 1130. The summed E-state index contributed by atoms with van der Waals surface area (Å²) in [5.41, 5.74) is 2.57. The number of aromatic hydroxyl groups is 1. The van der Waals surface area contributed by atoms with Crippen LogP contribution in [0.3, 0.4) is 0 Å². The predicted octanol–water partition coefficient (Wildman–Crippen LogP) is 4.39.